The smallest absolute Gasteiger partial charge is 0.219 e. The second kappa shape index (κ2) is 6.16. The van der Waals surface area contributed by atoms with Gasteiger partial charge in [0.2, 0.25) is 5.91 Å². The number of carbonyl (C=O) groups is 1. The first-order valence-corrected chi connectivity index (χ1v) is 7.40. The van der Waals surface area contributed by atoms with Crippen LogP contribution in [0, 0.1) is 0 Å². The lowest BCUT2D eigenvalue weighted by molar-refractivity contribution is -0.129. The Hall–Kier alpha value is -1.04. The van der Waals surface area contributed by atoms with Crippen molar-refractivity contribution in [3.05, 3.63) is 23.2 Å². The number of piperazine rings is 1. The third-order valence-electron chi connectivity index (χ3n) is 3.35. The van der Waals surface area contributed by atoms with Crippen LogP contribution in [0.15, 0.2) is 18.2 Å². The largest absolute Gasteiger partial charge is 0.345 e. The number of hydrogen-bond donors (Lipinski definition) is 0. The van der Waals surface area contributed by atoms with Crippen LogP contribution in [-0.4, -0.2) is 42.0 Å². The van der Waals surface area contributed by atoms with Crippen LogP contribution in [0.3, 0.4) is 0 Å². The highest BCUT2D eigenvalue weighted by atomic mass is 35.5. The number of carbonyl (C=O) groups excluding carboxylic acids is 1. The van der Waals surface area contributed by atoms with E-state index in [9.17, 15) is 4.79 Å². The fraction of sp³-hybridized carbons (Fsp3) is 0.385. The second-order valence-corrected chi connectivity index (χ2v) is 5.99. The van der Waals surface area contributed by atoms with Gasteiger partial charge in [0.1, 0.15) is 5.52 Å². The van der Waals surface area contributed by atoms with Gasteiger partial charge in [0, 0.05) is 33.1 Å². The van der Waals surface area contributed by atoms with Gasteiger partial charge >= 0.3 is 0 Å². The van der Waals surface area contributed by atoms with Crippen molar-refractivity contribution in [1.29, 1.82) is 0 Å². The lowest BCUT2D eigenvalue weighted by Gasteiger charge is -2.33. The number of hydrogen-bond acceptors (Lipinski definition) is 4. The summed E-state index contributed by atoms with van der Waals surface area (Å²) in [5, 5.41) is 1.69. The number of amides is 1. The van der Waals surface area contributed by atoms with Gasteiger partial charge in [-0.15, -0.1) is 12.4 Å². The van der Waals surface area contributed by atoms with E-state index in [0.717, 1.165) is 41.5 Å². The Morgan fingerprint density at radius 1 is 1.30 bits per heavy atom. The number of aromatic nitrogens is 1. The average molecular weight is 332 g/mol. The molecule has 3 rings (SSSR count). The summed E-state index contributed by atoms with van der Waals surface area (Å²) >= 11 is 7.80. The van der Waals surface area contributed by atoms with Crippen molar-refractivity contribution in [3.8, 4) is 0 Å². The van der Waals surface area contributed by atoms with Crippen molar-refractivity contribution >= 4 is 56.6 Å². The molecule has 1 aromatic carbocycles. The van der Waals surface area contributed by atoms with Crippen molar-refractivity contribution < 1.29 is 4.79 Å². The number of rotatable bonds is 1. The molecule has 0 aliphatic carbocycles. The predicted octanol–water partition coefficient (Wildman–Crippen LogP) is 3.04. The quantitative estimate of drug-likeness (QED) is 0.805. The average Bonchev–Trinajstić information content (AvgIpc) is 2.84. The van der Waals surface area contributed by atoms with Gasteiger partial charge < -0.3 is 9.80 Å². The van der Waals surface area contributed by atoms with Crippen LogP contribution >= 0.6 is 35.3 Å². The Morgan fingerprint density at radius 3 is 2.60 bits per heavy atom. The van der Waals surface area contributed by atoms with Gasteiger partial charge in [-0.1, -0.05) is 29.0 Å². The molecule has 0 spiro atoms. The van der Waals surface area contributed by atoms with Crippen molar-refractivity contribution in [2.45, 2.75) is 6.92 Å². The number of anilines is 1. The van der Waals surface area contributed by atoms with E-state index in [4.69, 9.17) is 11.6 Å². The van der Waals surface area contributed by atoms with E-state index in [1.54, 1.807) is 18.3 Å². The first-order chi connectivity index (χ1) is 9.15. The van der Waals surface area contributed by atoms with Gasteiger partial charge in [0.05, 0.1) is 9.72 Å². The van der Waals surface area contributed by atoms with Crippen LogP contribution in [0.5, 0.6) is 0 Å². The molecular formula is C13H15Cl2N3OS. The molecule has 1 aromatic heterocycles. The molecule has 0 unspecified atom stereocenters. The highest BCUT2D eigenvalue weighted by Gasteiger charge is 2.21. The molecule has 0 atom stereocenters. The molecular weight excluding hydrogens is 317 g/mol. The summed E-state index contributed by atoms with van der Waals surface area (Å²) in [6.07, 6.45) is 0. The fourth-order valence-corrected chi connectivity index (χ4v) is 3.57. The molecule has 1 saturated heterocycles. The zero-order valence-electron chi connectivity index (χ0n) is 11.0. The van der Waals surface area contributed by atoms with Crippen molar-refractivity contribution in [2.75, 3.05) is 31.1 Å². The van der Waals surface area contributed by atoms with E-state index < -0.39 is 0 Å². The molecule has 1 fully saturated rings. The van der Waals surface area contributed by atoms with Crippen LogP contribution in [0.4, 0.5) is 5.13 Å². The molecule has 108 valence electrons. The summed E-state index contributed by atoms with van der Waals surface area (Å²) in [7, 11) is 0. The number of nitrogens with zero attached hydrogens (tertiary/aromatic N) is 3. The number of thiazole rings is 1. The summed E-state index contributed by atoms with van der Waals surface area (Å²) in [5.74, 6) is 0.145. The number of halogens is 2. The third kappa shape index (κ3) is 2.85. The third-order valence-corrected chi connectivity index (χ3v) is 4.74. The minimum absolute atomic E-state index is 0. The van der Waals surface area contributed by atoms with Gasteiger partial charge in [-0.05, 0) is 12.1 Å². The van der Waals surface area contributed by atoms with Crippen molar-refractivity contribution in [3.63, 3.8) is 0 Å². The van der Waals surface area contributed by atoms with Crippen LogP contribution < -0.4 is 4.90 Å². The second-order valence-electron chi connectivity index (χ2n) is 4.58. The monoisotopic (exact) mass is 331 g/mol. The lowest BCUT2D eigenvalue weighted by Crippen LogP contribution is -2.48. The van der Waals surface area contributed by atoms with Crippen LogP contribution in [0.1, 0.15) is 6.92 Å². The van der Waals surface area contributed by atoms with E-state index in [1.807, 2.05) is 23.1 Å². The minimum atomic E-state index is 0. The van der Waals surface area contributed by atoms with E-state index in [-0.39, 0.29) is 18.3 Å². The molecule has 0 bridgehead atoms. The first-order valence-electron chi connectivity index (χ1n) is 6.20. The minimum Gasteiger partial charge on any atom is -0.345 e. The SMILES string of the molecule is CC(=O)N1CCN(c2nc3c(Cl)cccc3s2)CC1.Cl. The van der Waals surface area contributed by atoms with Crippen LogP contribution in [0.25, 0.3) is 10.2 Å². The van der Waals surface area contributed by atoms with Crippen LogP contribution in [0.2, 0.25) is 5.02 Å². The molecule has 1 amide bonds. The standard InChI is InChI=1S/C13H14ClN3OS.ClH/c1-9(18)16-5-7-17(8-6-16)13-15-12-10(14)3-2-4-11(12)19-13;/h2-4H,5-8H2,1H3;1H. The van der Waals surface area contributed by atoms with E-state index in [2.05, 4.69) is 9.88 Å². The summed E-state index contributed by atoms with van der Waals surface area (Å²) < 4.78 is 1.11. The normalized spacial score (nSPS) is 15.3. The number of fused-ring (bicyclic) bond motifs is 1. The molecule has 7 heteroatoms. The maximum Gasteiger partial charge on any atom is 0.219 e. The van der Waals surface area contributed by atoms with Gasteiger partial charge in [-0.2, -0.15) is 0 Å². The number of benzene rings is 1. The molecule has 1 aliphatic rings. The molecule has 20 heavy (non-hydrogen) atoms. The summed E-state index contributed by atoms with van der Waals surface area (Å²) in [5.41, 5.74) is 0.873. The Balaban J connectivity index is 0.00000147. The summed E-state index contributed by atoms with van der Waals surface area (Å²) in [4.78, 5) is 20.0. The Kier molecular flexibility index (Phi) is 4.73. The first kappa shape index (κ1) is 15.4. The molecule has 1 aliphatic heterocycles. The highest BCUT2D eigenvalue weighted by Crippen LogP contribution is 2.33. The maximum absolute atomic E-state index is 11.3. The summed E-state index contributed by atoms with van der Waals surface area (Å²) in [6, 6.07) is 5.84. The van der Waals surface area contributed by atoms with E-state index in [0.29, 0.717) is 5.02 Å². The van der Waals surface area contributed by atoms with E-state index in [1.165, 1.54) is 0 Å². The zero-order valence-corrected chi connectivity index (χ0v) is 13.4. The van der Waals surface area contributed by atoms with Gasteiger partial charge in [0.15, 0.2) is 5.13 Å². The van der Waals surface area contributed by atoms with Gasteiger partial charge in [-0.3, -0.25) is 4.79 Å². The highest BCUT2D eigenvalue weighted by molar-refractivity contribution is 7.22. The molecule has 4 nitrogen and oxygen atoms in total. The van der Waals surface area contributed by atoms with Gasteiger partial charge in [0.25, 0.3) is 0 Å². The molecule has 0 N–H and O–H groups in total. The molecule has 0 radical (unpaired) electrons. The van der Waals surface area contributed by atoms with Crippen LogP contribution in [-0.2, 0) is 4.79 Å². The molecule has 0 saturated carbocycles. The topological polar surface area (TPSA) is 36.4 Å². The van der Waals surface area contributed by atoms with Crippen molar-refractivity contribution in [2.24, 2.45) is 0 Å². The summed E-state index contributed by atoms with van der Waals surface area (Å²) in [6.45, 7) is 4.80. The zero-order chi connectivity index (χ0) is 13.4. The van der Waals surface area contributed by atoms with E-state index >= 15 is 0 Å². The number of para-hydroxylation sites is 1. The Labute approximate surface area is 132 Å². The lowest BCUT2D eigenvalue weighted by atomic mass is 10.3. The Bertz CT molecular complexity index is 623. The molecule has 2 aromatic rings. The molecule has 2 heterocycles. The van der Waals surface area contributed by atoms with Crippen molar-refractivity contribution in [1.82, 2.24) is 9.88 Å². The Morgan fingerprint density at radius 2 is 2.00 bits per heavy atom. The fourth-order valence-electron chi connectivity index (χ4n) is 2.25. The maximum atomic E-state index is 11.3. The van der Waals surface area contributed by atoms with Gasteiger partial charge in [-0.25, -0.2) is 4.98 Å². The predicted molar refractivity (Wildman–Crippen MR) is 86.3 cm³/mol.